The van der Waals surface area contributed by atoms with E-state index >= 15 is 0 Å². The molecule has 2 aromatic heterocycles. The van der Waals surface area contributed by atoms with Gasteiger partial charge < -0.3 is 4.90 Å². The average Bonchev–Trinajstić information content (AvgIpc) is 2.59. The summed E-state index contributed by atoms with van der Waals surface area (Å²) in [6.45, 7) is 4.13. The molecule has 0 saturated carbocycles. The van der Waals surface area contributed by atoms with Gasteiger partial charge in [-0.05, 0) is 31.7 Å². The molecule has 0 N–H and O–H groups in total. The molecule has 0 amide bonds. The molecule has 0 atom stereocenters. The third kappa shape index (κ3) is 3.37. The van der Waals surface area contributed by atoms with Crippen LogP contribution in [0.1, 0.15) is 24.2 Å². The number of nitrogens with zero attached hydrogens (tertiary/aromatic N) is 6. The van der Waals surface area contributed by atoms with E-state index in [0.717, 1.165) is 31.6 Å². The van der Waals surface area contributed by atoms with E-state index in [9.17, 15) is 4.79 Å². The number of hydrogen-bond donors (Lipinski definition) is 0. The van der Waals surface area contributed by atoms with Crippen LogP contribution >= 0.6 is 0 Å². The van der Waals surface area contributed by atoms with Gasteiger partial charge in [-0.1, -0.05) is 0 Å². The Bertz CT molecular complexity index is 786. The van der Waals surface area contributed by atoms with Crippen molar-refractivity contribution in [1.29, 1.82) is 5.26 Å². The van der Waals surface area contributed by atoms with Crippen molar-refractivity contribution in [3.63, 3.8) is 0 Å². The van der Waals surface area contributed by atoms with Crippen molar-refractivity contribution in [2.75, 3.05) is 18.0 Å². The molecule has 3 rings (SSSR count). The van der Waals surface area contributed by atoms with Gasteiger partial charge in [-0.3, -0.25) is 4.79 Å². The Labute approximate surface area is 134 Å². The molecule has 0 radical (unpaired) electrons. The Morgan fingerprint density at radius 3 is 2.74 bits per heavy atom. The largest absolute Gasteiger partial charge is 0.354 e. The summed E-state index contributed by atoms with van der Waals surface area (Å²) in [6.07, 6.45) is 5.01. The van der Waals surface area contributed by atoms with E-state index in [-0.39, 0.29) is 5.56 Å². The zero-order chi connectivity index (χ0) is 16.2. The van der Waals surface area contributed by atoms with Crippen LogP contribution in [0.15, 0.2) is 29.3 Å². The van der Waals surface area contributed by atoms with E-state index in [1.54, 1.807) is 23.0 Å². The van der Waals surface area contributed by atoms with Crippen LogP contribution in [0.3, 0.4) is 0 Å². The van der Waals surface area contributed by atoms with Crippen molar-refractivity contribution in [3.05, 3.63) is 46.3 Å². The molecule has 1 fully saturated rings. The first kappa shape index (κ1) is 15.2. The van der Waals surface area contributed by atoms with Crippen molar-refractivity contribution < 1.29 is 0 Å². The van der Waals surface area contributed by atoms with Crippen molar-refractivity contribution in [2.24, 2.45) is 5.92 Å². The smallest absolute Gasteiger partial charge is 0.266 e. The molecule has 7 nitrogen and oxygen atoms in total. The minimum Gasteiger partial charge on any atom is -0.354 e. The van der Waals surface area contributed by atoms with Crippen LogP contribution in [0.4, 0.5) is 5.82 Å². The molecule has 0 aromatic carbocycles. The maximum absolute atomic E-state index is 11.9. The van der Waals surface area contributed by atoms with Gasteiger partial charge in [0.25, 0.3) is 5.56 Å². The van der Waals surface area contributed by atoms with E-state index in [4.69, 9.17) is 5.26 Å². The standard InChI is InChI=1S/C16H18N6O/c1-12-2-3-15(23)22(20-12)11-13-4-8-21(9-5-13)16-14(10-17)18-6-7-19-16/h2-3,6-7,13H,4-5,8-9,11H2,1H3. The van der Waals surface area contributed by atoms with Crippen molar-refractivity contribution in [1.82, 2.24) is 19.7 Å². The van der Waals surface area contributed by atoms with Crippen LogP contribution in [0.25, 0.3) is 0 Å². The molecule has 0 aliphatic carbocycles. The highest BCUT2D eigenvalue weighted by molar-refractivity contribution is 5.49. The molecule has 23 heavy (non-hydrogen) atoms. The number of aromatic nitrogens is 4. The summed E-state index contributed by atoms with van der Waals surface area (Å²) in [7, 11) is 0. The molecule has 1 aliphatic heterocycles. The number of aryl methyl sites for hydroxylation is 1. The Morgan fingerprint density at radius 1 is 1.26 bits per heavy atom. The number of nitriles is 1. The molecule has 3 heterocycles. The molecule has 0 spiro atoms. The summed E-state index contributed by atoms with van der Waals surface area (Å²) in [5.74, 6) is 1.06. The molecule has 2 aromatic rings. The van der Waals surface area contributed by atoms with E-state index < -0.39 is 0 Å². The van der Waals surface area contributed by atoms with Gasteiger partial charge in [0.05, 0.1) is 5.69 Å². The molecular formula is C16H18N6O. The molecular weight excluding hydrogens is 292 g/mol. The highest BCUT2D eigenvalue weighted by Gasteiger charge is 2.23. The summed E-state index contributed by atoms with van der Waals surface area (Å²) >= 11 is 0. The monoisotopic (exact) mass is 310 g/mol. The lowest BCUT2D eigenvalue weighted by Crippen LogP contribution is -2.37. The Balaban J connectivity index is 1.66. The summed E-state index contributed by atoms with van der Waals surface area (Å²) in [4.78, 5) is 22.3. The quantitative estimate of drug-likeness (QED) is 0.844. The lowest BCUT2D eigenvalue weighted by atomic mass is 9.96. The Morgan fingerprint density at radius 2 is 2.00 bits per heavy atom. The molecule has 7 heteroatoms. The minimum absolute atomic E-state index is 0.0567. The predicted octanol–water partition coefficient (Wildman–Crippen LogP) is 1.13. The molecule has 0 bridgehead atoms. The Kier molecular flexibility index (Phi) is 4.33. The fraction of sp³-hybridized carbons (Fsp3) is 0.438. The SMILES string of the molecule is Cc1ccc(=O)n(CC2CCN(c3nccnc3C#N)CC2)n1. The number of rotatable bonds is 3. The topological polar surface area (TPSA) is 87.7 Å². The molecule has 1 aliphatic rings. The van der Waals surface area contributed by atoms with Crippen LogP contribution in [0.5, 0.6) is 0 Å². The zero-order valence-corrected chi connectivity index (χ0v) is 13.0. The van der Waals surface area contributed by atoms with Crippen LogP contribution in [0, 0.1) is 24.2 Å². The summed E-state index contributed by atoms with van der Waals surface area (Å²) in [5, 5.41) is 13.4. The van der Waals surface area contributed by atoms with Gasteiger partial charge in [0.15, 0.2) is 11.5 Å². The predicted molar refractivity (Wildman–Crippen MR) is 84.9 cm³/mol. The lowest BCUT2D eigenvalue weighted by Gasteiger charge is -2.32. The van der Waals surface area contributed by atoms with E-state index in [0.29, 0.717) is 24.0 Å². The second-order valence-corrected chi connectivity index (χ2v) is 5.77. The van der Waals surface area contributed by atoms with Crippen LogP contribution < -0.4 is 10.5 Å². The van der Waals surface area contributed by atoms with Crippen molar-refractivity contribution >= 4 is 5.82 Å². The maximum Gasteiger partial charge on any atom is 0.266 e. The van der Waals surface area contributed by atoms with Crippen molar-refractivity contribution in [2.45, 2.75) is 26.3 Å². The van der Waals surface area contributed by atoms with E-state index in [1.165, 1.54) is 6.20 Å². The van der Waals surface area contributed by atoms with E-state index in [2.05, 4.69) is 26.0 Å². The van der Waals surface area contributed by atoms with Gasteiger partial charge in [0, 0.05) is 38.1 Å². The van der Waals surface area contributed by atoms with Gasteiger partial charge in [-0.25, -0.2) is 14.6 Å². The average molecular weight is 310 g/mol. The summed E-state index contributed by atoms with van der Waals surface area (Å²) in [5.41, 5.74) is 1.15. The van der Waals surface area contributed by atoms with Gasteiger partial charge in [-0.15, -0.1) is 0 Å². The van der Waals surface area contributed by atoms with Crippen LogP contribution in [-0.4, -0.2) is 32.8 Å². The van der Waals surface area contributed by atoms with Gasteiger partial charge in [0.1, 0.15) is 6.07 Å². The first-order valence-electron chi connectivity index (χ1n) is 7.68. The van der Waals surface area contributed by atoms with Gasteiger partial charge >= 0.3 is 0 Å². The third-order valence-electron chi connectivity index (χ3n) is 4.13. The number of anilines is 1. The minimum atomic E-state index is -0.0567. The second-order valence-electron chi connectivity index (χ2n) is 5.77. The van der Waals surface area contributed by atoms with Gasteiger partial charge in [0.2, 0.25) is 0 Å². The fourth-order valence-corrected chi connectivity index (χ4v) is 2.89. The Hall–Kier alpha value is -2.75. The fourth-order valence-electron chi connectivity index (χ4n) is 2.89. The number of piperidine rings is 1. The highest BCUT2D eigenvalue weighted by Crippen LogP contribution is 2.23. The highest BCUT2D eigenvalue weighted by atomic mass is 16.1. The lowest BCUT2D eigenvalue weighted by molar-refractivity contribution is 0.333. The molecule has 0 unspecified atom stereocenters. The van der Waals surface area contributed by atoms with Crippen LogP contribution in [-0.2, 0) is 6.54 Å². The van der Waals surface area contributed by atoms with E-state index in [1.807, 2.05) is 6.92 Å². The van der Waals surface area contributed by atoms with Crippen molar-refractivity contribution in [3.8, 4) is 6.07 Å². The summed E-state index contributed by atoms with van der Waals surface area (Å²) in [6, 6.07) is 5.39. The first-order valence-corrected chi connectivity index (χ1v) is 7.68. The second kappa shape index (κ2) is 6.57. The third-order valence-corrected chi connectivity index (χ3v) is 4.13. The first-order chi connectivity index (χ1) is 11.2. The maximum atomic E-state index is 11.9. The normalized spacial score (nSPS) is 15.4. The van der Waals surface area contributed by atoms with Crippen LogP contribution in [0.2, 0.25) is 0 Å². The number of hydrogen-bond acceptors (Lipinski definition) is 6. The summed E-state index contributed by atoms with van der Waals surface area (Å²) < 4.78 is 1.55. The zero-order valence-electron chi connectivity index (χ0n) is 13.0. The molecule has 118 valence electrons. The molecule has 1 saturated heterocycles. The van der Waals surface area contributed by atoms with Gasteiger partial charge in [-0.2, -0.15) is 10.4 Å².